The van der Waals surface area contributed by atoms with Gasteiger partial charge in [-0.15, -0.1) is 0 Å². The summed E-state index contributed by atoms with van der Waals surface area (Å²) in [5.41, 5.74) is 0.281. The van der Waals surface area contributed by atoms with E-state index >= 15 is 0 Å². The van der Waals surface area contributed by atoms with Crippen LogP contribution in [0.2, 0.25) is 10.0 Å². The molecule has 1 unspecified atom stereocenters. The molecule has 118 valence electrons. The monoisotopic (exact) mass is 352 g/mol. The molecule has 1 aromatic carbocycles. The summed E-state index contributed by atoms with van der Waals surface area (Å²) in [6.07, 6.45) is 1.68. The lowest BCUT2D eigenvalue weighted by molar-refractivity contribution is -0.116. The summed E-state index contributed by atoms with van der Waals surface area (Å²) >= 11 is 11.9. The summed E-state index contributed by atoms with van der Waals surface area (Å²) in [5.74, 6) is -0.490. The molecule has 0 aromatic heterocycles. The largest absolute Gasteiger partial charge is 0.322 e. The van der Waals surface area contributed by atoms with Crippen LogP contribution in [0.5, 0.6) is 0 Å². The lowest BCUT2D eigenvalue weighted by Crippen LogP contribution is -2.42. The SMILES string of the molecule is CCC(C)N(CC(=O)Nc1c(Cl)cccc1Cl)S(C)(=O)=O. The molecule has 1 atom stereocenters. The number of carbonyl (C=O) groups is 1. The van der Waals surface area contributed by atoms with Gasteiger partial charge in [0, 0.05) is 6.04 Å². The second-order valence-corrected chi connectivity index (χ2v) is 7.46. The van der Waals surface area contributed by atoms with E-state index in [1.165, 1.54) is 0 Å². The molecule has 0 aliphatic heterocycles. The Labute approximate surface area is 135 Å². The van der Waals surface area contributed by atoms with Crippen molar-refractivity contribution in [1.82, 2.24) is 4.31 Å². The maximum absolute atomic E-state index is 12.1. The standard InChI is InChI=1S/C13H18Cl2N2O3S/c1-4-9(2)17(21(3,19)20)8-12(18)16-13-10(14)6-5-7-11(13)15/h5-7,9H,4,8H2,1-3H3,(H,16,18). The van der Waals surface area contributed by atoms with Crippen molar-refractivity contribution in [2.45, 2.75) is 26.3 Å². The fraction of sp³-hybridized carbons (Fsp3) is 0.462. The first-order chi connectivity index (χ1) is 9.66. The number of halogens is 2. The van der Waals surface area contributed by atoms with Crippen molar-refractivity contribution < 1.29 is 13.2 Å². The minimum absolute atomic E-state index is 0.271. The molecule has 21 heavy (non-hydrogen) atoms. The highest BCUT2D eigenvalue weighted by molar-refractivity contribution is 7.88. The van der Waals surface area contributed by atoms with Crippen LogP contribution >= 0.6 is 23.2 Å². The van der Waals surface area contributed by atoms with Crippen molar-refractivity contribution in [3.05, 3.63) is 28.2 Å². The number of para-hydroxylation sites is 1. The third kappa shape index (κ3) is 5.14. The number of hydrogen-bond acceptors (Lipinski definition) is 3. The molecular formula is C13H18Cl2N2O3S. The topological polar surface area (TPSA) is 66.5 Å². The molecule has 1 aromatic rings. The van der Waals surface area contributed by atoms with Crippen molar-refractivity contribution in [1.29, 1.82) is 0 Å². The van der Waals surface area contributed by atoms with E-state index in [0.29, 0.717) is 16.5 Å². The number of nitrogens with zero attached hydrogens (tertiary/aromatic N) is 1. The number of anilines is 1. The van der Waals surface area contributed by atoms with E-state index in [1.54, 1.807) is 25.1 Å². The zero-order valence-electron chi connectivity index (χ0n) is 12.1. The maximum Gasteiger partial charge on any atom is 0.239 e. The molecular weight excluding hydrogens is 335 g/mol. The predicted octanol–water partition coefficient (Wildman–Crippen LogP) is 2.99. The molecule has 0 fully saturated rings. The molecule has 0 aliphatic rings. The minimum Gasteiger partial charge on any atom is -0.322 e. The Morgan fingerprint density at radius 3 is 2.29 bits per heavy atom. The van der Waals surface area contributed by atoms with Crippen molar-refractivity contribution in [2.75, 3.05) is 18.1 Å². The summed E-state index contributed by atoms with van der Waals surface area (Å²) in [4.78, 5) is 12.1. The number of amides is 1. The smallest absolute Gasteiger partial charge is 0.239 e. The molecule has 0 saturated carbocycles. The second kappa shape index (κ2) is 7.45. The van der Waals surface area contributed by atoms with E-state index in [0.717, 1.165) is 10.6 Å². The second-order valence-electron chi connectivity index (χ2n) is 4.71. The highest BCUT2D eigenvalue weighted by atomic mass is 35.5. The van der Waals surface area contributed by atoms with Crippen molar-refractivity contribution >= 4 is 44.8 Å². The highest BCUT2D eigenvalue weighted by Crippen LogP contribution is 2.29. The fourth-order valence-electron chi connectivity index (χ4n) is 1.74. The van der Waals surface area contributed by atoms with Crippen molar-refractivity contribution in [2.24, 2.45) is 0 Å². The summed E-state index contributed by atoms with van der Waals surface area (Å²) in [6, 6.07) is 4.56. The first kappa shape index (κ1) is 18.2. The molecule has 8 heteroatoms. The molecule has 0 radical (unpaired) electrons. The summed E-state index contributed by atoms with van der Waals surface area (Å²) in [6.45, 7) is 3.32. The van der Waals surface area contributed by atoms with Crippen LogP contribution in [0.4, 0.5) is 5.69 Å². The van der Waals surface area contributed by atoms with E-state index in [1.807, 2.05) is 6.92 Å². The van der Waals surface area contributed by atoms with Gasteiger partial charge in [-0.1, -0.05) is 36.2 Å². The molecule has 0 aliphatic carbocycles. The Balaban J connectivity index is 2.89. The molecule has 5 nitrogen and oxygen atoms in total. The van der Waals surface area contributed by atoms with Crippen LogP contribution in [-0.2, 0) is 14.8 Å². The molecule has 0 bridgehead atoms. The van der Waals surface area contributed by atoms with Gasteiger partial charge >= 0.3 is 0 Å². The van der Waals surface area contributed by atoms with Crippen LogP contribution in [0.15, 0.2) is 18.2 Å². The molecule has 1 rings (SSSR count). The van der Waals surface area contributed by atoms with E-state index in [-0.39, 0.29) is 18.3 Å². The summed E-state index contributed by atoms with van der Waals surface area (Å²) < 4.78 is 24.6. The van der Waals surface area contributed by atoms with E-state index in [9.17, 15) is 13.2 Å². The Morgan fingerprint density at radius 1 is 1.33 bits per heavy atom. The third-order valence-corrected chi connectivity index (χ3v) is 5.01. The normalized spacial score (nSPS) is 13.2. The van der Waals surface area contributed by atoms with Gasteiger partial charge in [0.05, 0.1) is 28.5 Å². The zero-order chi connectivity index (χ0) is 16.2. The van der Waals surface area contributed by atoms with Crippen LogP contribution in [0.3, 0.4) is 0 Å². The lowest BCUT2D eigenvalue weighted by atomic mass is 10.2. The molecule has 0 heterocycles. The third-order valence-electron chi connectivity index (χ3n) is 3.04. The summed E-state index contributed by atoms with van der Waals surface area (Å²) in [7, 11) is -3.48. The quantitative estimate of drug-likeness (QED) is 0.855. The van der Waals surface area contributed by atoms with E-state index in [4.69, 9.17) is 23.2 Å². The van der Waals surface area contributed by atoms with Crippen LogP contribution in [0.1, 0.15) is 20.3 Å². The number of rotatable bonds is 6. The van der Waals surface area contributed by atoms with Gasteiger partial charge in [0.25, 0.3) is 0 Å². The van der Waals surface area contributed by atoms with Gasteiger partial charge in [0.15, 0.2) is 0 Å². The Hall–Kier alpha value is -0.820. The average Bonchev–Trinajstić information content (AvgIpc) is 2.38. The molecule has 1 amide bonds. The van der Waals surface area contributed by atoms with Gasteiger partial charge in [-0.2, -0.15) is 4.31 Å². The van der Waals surface area contributed by atoms with Gasteiger partial charge < -0.3 is 5.32 Å². The Morgan fingerprint density at radius 2 is 1.86 bits per heavy atom. The number of benzene rings is 1. The first-order valence-corrected chi connectivity index (χ1v) is 8.98. The molecule has 1 N–H and O–H groups in total. The van der Waals surface area contributed by atoms with E-state index < -0.39 is 15.9 Å². The number of nitrogens with one attached hydrogen (secondary N) is 1. The Kier molecular flexibility index (Phi) is 6.46. The molecule has 0 saturated heterocycles. The predicted molar refractivity (Wildman–Crippen MR) is 86.4 cm³/mol. The number of sulfonamides is 1. The van der Waals surface area contributed by atoms with Gasteiger partial charge in [-0.05, 0) is 25.5 Å². The lowest BCUT2D eigenvalue weighted by Gasteiger charge is -2.25. The fourth-order valence-corrected chi connectivity index (χ4v) is 3.39. The first-order valence-electron chi connectivity index (χ1n) is 6.37. The van der Waals surface area contributed by atoms with Gasteiger partial charge in [-0.25, -0.2) is 8.42 Å². The van der Waals surface area contributed by atoms with Crippen LogP contribution < -0.4 is 5.32 Å². The van der Waals surface area contributed by atoms with Crippen LogP contribution in [0, 0.1) is 0 Å². The van der Waals surface area contributed by atoms with Gasteiger partial charge in [0.2, 0.25) is 15.9 Å². The van der Waals surface area contributed by atoms with Gasteiger partial charge in [-0.3, -0.25) is 4.79 Å². The summed E-state index contributed by atoms with van der Waals surface area (Å²) in [5, 5.41) is 3.14. The van der Waals surface area contributed by atoms with Crippen molar-refractivity contribution in [3.8, 4) is 0 Å². The van der Waals surface area contributed by atoms with Crippen LogP contribution in [-0.4, -0.2) is 37.5 Å². The maximum atomic E-state index is 12.1. The number of carbonyl (C=O) groups excluding carboxylic acids is 1. The molecule has 0 spiro atoms. The Bertz CT molecular complexity index is 600. The minimum atomic E-state index is -3.48. The number of hydrogen-bond donors (Lipinski definition) is 1. The highest BCUT2D eigenvalue weighted by Gasteiger charge is 2.25. The average molecular weight is 353 g/mol. The zero-order valence-corrected chi connectivity index (χ0v) is 14.4. The van der Waals surface area contributed by atoms with Gasteiger partial charge in [0.1, 0.15) is 0 Å². The van der Waals surface area contributed by atoms with Crippen LogP contribution in [0.25, 0.3) is 0 Å². The van der Waals surface area contributed by atoms with Crippen molar-refractivity contribution in [3.63, 3.8) is 0 Å². The van der Waals surface area contributed by atoms with E-state index in [2.05, 4.69) is 5.32 Å².